The SMILES string of the molecule is CCCN1CCC(NC(C)CS(=O)(=O)CC)CC1. The fourth-order valence-electron chi connectivity index (χ4n) is 2.59. The Kier molecular flexibility index (Phi) is 6.60. The highest BCUT2D eigenvalue weighted by atomic mass is 32.2. The second-order valence-electron chi connectivity index (χ2n) is 5.38. The van der Waals surface area contributed by atoms with E-state index in [0.717, 1.165) is 25.9 Å². The normalized spacial score (nSPS) is 21.1. The number of hydrogen-bond donors (Lipinski definition) is 1. The fraction of sp³-hybridized carbons (Fsp3) is 1.00. The number of nitrogens with one attached hydrogen (secondary N) is 1. The number of nitrogens with zero attached hydrogens (tertiary/aromatic N) is 1. The predicted molar refractivity (Wildman–Crippen MR) is 76.7 cm³/mol. The van der Waals surface area contributed by atoms with Gasteiger partial charge >= 0.3 is 0 Å². The summed E-state index contributed by atoms with van der Waals surface area (Å²) >= 11 is 0. The Bertz CT molecular complexity index is 322. The van der Waals surface area contributed by atoms with Crippen LogP contribution in [0, 0.1) is 0 Å². The van der Waals surface area contributed by atoms with Crippen LogP contribution in [0.5, 0.6) is 0 Å². The van der Waals surface area contributed by atoms with E-state index in [2.05, 4.69) is 17.1 Å². The van der Waals surface area contributed by atoms with Gasteiger partial charge in [0.1, 0.15) is 0 Å². The molecular formula is C13H28N2O2S. The zero-order chi connectivity index (χ0) is 13.6. The maximum atomic E-state index is 11.5. The molecule has 0 aromatic carbocycles. The number of piperidine rings is 1. The molecule has 0 aromatic rings. The molecule has 0 aromatic heterocycles. The molecule has 1 aliphatic heterocycles. The summed E-state index contributed by atoms with van der Waals surface area (Å²) in [4.78, 5) is 2.49. The largest absolute Gasteiger partial charge is 0.310 e. The fourth-order valence-corrected chi connectivity index (χ4v) is 3.68. The highest BCUT2D eigenvalue weighted by Gasteiger charge is 2.21. The molecule has 0 aliphatic carbocycles. The first kappa shape index (κ1) is 15.9. The molecule has 0 amide bonds. The first-order chi connectivity index (χ1) is 8.46. The molecule has 5 heteroatoms. The molecule has 1 unspecified atom stereocenters. The van der Waals surface area contributed by atoms with Gasteiger partial charge in [0.05, 0.1) is 5.75 Å². The smallest absolute Gasteiger partial charge is 0.151 e. The van der Waals surface area contributed by atoms with Gasteiger partial charge in [0.15, 0.2) is 9.84 Å². The molecule has 1 rings (SSSR count). The van der Waals surface area contributed by atoms with E-state index in [9.17, 15) is 8.42 Å². The monoisotopic (exact) mass is 276 g/mol. The molecule has 0 spiro atoms. The van der Waals surface area contributed by atoms with Crippen molar-refractivity contribution < 1.29 is 8.42 Å². The van der Waals surface area contributed by atoms with Crippen LogP contribution in [-0.4, -0.2) is 56.5 Å². The lowest BCUT2D eigenvalue weighted by Gasteiger charge is -2.33. The van der Waals surface area contributed by atoms with E-state index in [1.165, 1.54) is 13.0 Å². The van der Waals surface area contributed by atoms with Crippen molar-refractivity contribution in [1.82, 2.24) is 10.2 Å². The van der Waals surface area contributed by atoms with E-state index >= 15 is 0 Å². The standard InChI is InChI=1S/C13H28N2O2S/c1-4-8-15-9-6-13(7-10-15)14-12(3)11-18(16,17)5-2/h12-14H,4-11H2,1-3H3. The van der Waals surface area contributed by atoms with Crippen molar-refractivity contribution in [3.63, 3.8) is 0 Å². The zero-order valence-electron chi connectivity index (χ0n) is 12.0. The summed E-state index contributed by atoms with van der Waals surface area (Å²) in [5.74, 6) is 0.507. The molecule has 1 fully saturated rings. The average Bonchev–Trinajstić information content (AvgIpc) is 2.31. The average molecular weight is 276 g/mol. The molecule has 1 N–H and O–H groups in total. The lowest BCUT2D eigenvalue weighted by Crippen LogP contribution is -2.47. The molecular weight excluding hydrogens is 248 g/mol. The van der Waals surface area contributed by atoms with Crippen molar-refractivity contribution in [3.05, 3.63) is 0 Å². The first-order valence-electron chi connectivity index (χ1n) is 7.15. The highest BCUT2D eigenvalue weighted by molar-refractivity contribution is 7.91. The number of rotatable bonds is 7. The Balaban J connectivity index is 2.28. The summed E-state index contributed by atoms with van der Waals surface area (Å²) in [6, 6.07) is 0.554. The minimum absolute atomic E-state index is 0.0673. The van der Waals surface area contributed by atoms with E-state index in [-0.39, 0.29) is 17.5 Å². The molecule has 0 saturated carbocycles. The van der Waals surface area contributed by atoms with Gasteiger partial charge in [0, 0.05) is 17.8 Å². The molecule has 1 heterocycles. The number of likely N-dealkylation sites (tertiary alicyclic amines) is 1. The van der Waals surface area contributed by atoms with Crippen LogP contribution in [0.15, 0.2) is 0 Å². The number of hydrogen-bond acceptors (Lipinski definition) is 4. The number of sulfone groups is 1. The molecule has 18 heavy (non-hydrogen) atoms. The second kappa shape index (κ2) is 7.46. The summed E-state index contributed by atoms with van der Waals surface area (Å²) in [7, 11) is -2.86. The second-order valence-corrected chi connectivity index (χ2v) is 7.78. The third kappa shape index (κ3) is 5.67. The Morgan fingerprint density at radius 3 is 2.39 bits per heavy atom. The van der Waals surface area contributed by atoms with Crippen LogP contribution in [0.2, 0.25) is 0 Å². The van der Waals surface area contributed by atoms with Crippen molar-refractivity contribution in [2.75, 3.05) is 31.1 Å². The van der Waals surface area contributed by atoms with Gasteiger partial charge in [0.25, 0.3) is 0 Å². The van der Waals surface area contributed by atoms with Crippen molar-refractivity contribution in [2.24, 2.45) is 0 Å². The van der Waals surface area contributed by atoms with E-state index in [1.807, 2.05) is 6.92 Å². The van der Waals surface area contributed by atoms with Crippen LogP contribution in [0.4, 0.5) is 0 Å². The predicted octanol–water partition coefficient (Wildman–Crippen LogP) is 1.27. The molecule has 1 saturated heterocycles. The van der Waals surface area contributed by atoms with E-state index in [1.54, 1.807) is 6.92 Å². The minimum atomic E-state index is -2.86. The molecule has 1 aliphatic rings. The molecule has 108 valence electrons. The summed E-state index contributed by atoms with van der Waals surface area (Å²) in [5, 5.41) is 3.47. The van der Waals surface area contributed by atoms with Gasteiger partial charge in [-0.1, -0.05) is 13.8 Å². The van der Waals surface area contributed by atoms with Gasteiger partial charge in [-0.25, -0.2) is 8.42 Å². The van der Waals surface area contributed by atoms with Crippen molar-refractivity contribution >= 4 is 9.84 Å². The van der Waals surface area contributed by atoms with Crippen LogP contribution in [0.1, 0.15) is 40.0 Å². The Morgan fingerprint density at radius 1 is 1.28 bits per heavy atom. The maximum Gasteiger partial charge on any atom is 0.151 e. The van der Waals surface area contributed by atoms with Gasteiger partial charge < -0.3 is 10.2 Å². The quantitative estimate of drug-likeness (QED) is 0.761. The van der Waals surface area contributed by atoms with Crippen molar-refractivity contribution in [2.45, 2.75) is 52.1 Å². The Hall–Kier alpha value is -0.130. The molecule has 4 nitrogen and oxygen atoms in total. The van der Waals surface area contributed by atoms with Gasteiger partial charge in [-0.2, -0.15) is 0 Å². The van der Waals surface area contributed by atoms with Crippen LogP contribution in [0.25, 0.3) is 0 Å². The molecule has 0 bridgehead atoms. The Labute approximate surface area is 112 Å². The van der Waals surface area contributed by atoms with Crippen LogP contribution in [0.3, 0.4) is 0 Å². The molecule has 0 radical (unpaired) electrons. The van der Waals surface area contributed by atoms with Crippen LogP contribution < -0.4 is 5.32 Å². The van der Waals surface area contributed by atoms with Crippen molar-refractivity contribution in [3.8, 4) is 0 Å². The summed E-state index contributed by atoms with van der Waals surface area (Å²) < 4.78 is 23.1. The van der Waals surface area contributed by atoms with Crippen molar-refractivity contribution in [1.29, 1.82) is 0 Å². The highest BCUT2D eigenvalue weighted by Crippen LogP contribution is 2.11. The summed E-state index contributed by atoms with van der Waals surface area (Å²) in [5.41, 5.74) is 0. The van der Waals surface area contributed by atoms with E-state index in [4.69, 9.17) is 0 Å². The van der Waals surface area contributed by atoms with Gasteiger partial charge in [0.2, 0.25) is 0 Å². The Morgan fingerprint density at radius 2 is 1.89 bits per heavy atom. The topological polar surface area (TPSA) is 49.4 Å². The lowest BCUT2D eigenvalue weighted by atomic mass is 10.0. The zero-order valence-corrected chi connectivity index (χ0v) is 12.8. The minimum Gasteiger partial charge on any atom is -0.310 e. The van der Waals surface area contributed by atoms with Crippen LogP contribution in [-0.2, 0) is 9.84 Å². The maximum absolute atomic E-state index is 11.5. The first-order valence-corrected chi connectivity index (χ1v) is 8.97. The van der Waals surface area contributed by atoms with E-state index < -0.39 is 9.84 Å². The third-order valence-electron chi connectivity index (χ3n) is 3.59. The molecule has 1 atom stereocenters. The van der Waals surface area contributed by atoms with Gasteiger partial charge in [-0.15, -0.1) is 0 Å². The summed E-state index contributed by atoms with van der Waals surface area (Å²) in [6.07, 6.45) is 3.48. The lowest BCUT2D eigenvalue weighted by molar-refractivity contribution is 0.194. The summed E-state index contributed by atoms with van der Waals surface area (Å²) in [6.45, 7) is 9.36. The van der Waals surface area contributed by atoms with E-state index in [0.29, 0.717) is 6.04 Å². The third-order valence-corrected chi connectivity index (χ3v) is 5.48. The van der Waals surface area contributed by atoms with Gasteiger partial charge in [-0.05, 0) is 45.8 Å². The van der Waals surface area contributed by atoms with Gasteiger partial charge in [-0.3, -0.25) is 0 Å². The van der Waals surface area contributed by atoms with Crippen LogP contribution >= 0.6 is 0 Å².